The summed E-state index contributed by atoms with van der Waals surface area (Å²) in [6.45, 7) is 2.14. The molecule has 0 amide bonds. The van der Waals surface area contributed by atoms with Crippen molar-refractivity contribution in [2.45, 2.75) is 13.0 Å². The Labute approximate surface area is 123 Å². The number of nitrogens with one attached hydrogen (secondary N) is 1. The van der Waals surface area contributed by atoms with Gasteiger partial charge in [0, 0.05) is 23.3 Å². The van der Waals surface area contributed by atoms with Gasteiger partial charge in [-0.2, -0.15) is 0 Å². The molecule has 3 heteroatoms. The molecule has 0 bridgehead atoms. The number of nitrogens with zero attached hydrogens (tertiary/aromatic N) is 1. The molecule has 2 aromatic carbocycles. The van der Waals surface area contributed by atoms with Gasteiger partial charge >= 0.3 is 0 Å². The van der Waals surface area contributed by atoms with Gasteiger partial charge in [-0.1, -0.05) is 41.9 Å². The lowest BCUT2D eigenvalue weighted by molar-refractivity contribution is 0.887. The Morgan fingerprint density at radius 2 is 1.80 bits per heavy atom. The first-order valence-electron chi connectivity index (χ1n) is 6.60. The van der Waals surface area contributed by atoms with Gasteiger partial charge in [0.25, 0.3) is 0 Å². The number of benzene rings is 2. The standard InChI is InChI=1S/C17H15ClN2/c1-12(13-6-3-2-4-7-13)20-16-10-9-15(18)17-14(16)8-5-11-19-17/h2-12,20H,1H3. The normalized spacial score (nSPS) is 12.3. The highest BCUT2D eigenvalue weighted by molar-refractivity contribution is 6.35. The SMILES string of the molecule is CC(Nc1ccc(Cl)c2ncccc12)c1ccccc1. The first-order chi connectivity index (χ1) is 9.75. The van der Waals surface area contributed by atoms with Crippen LogP contribution in [-0.2, 0) is 0 Å². The highest BCUT2D eigenvalue weighted by Crippen LogP contribution is 2.30. The predicted molar refractivity (Wildman–Crippen MR) is 85.2 cm³/mol. The molecule has 1 unspecified atom stereocenters. The summed E-state index contributed by atoms with van der Waals surface area (Å²) in [7, 11) is 0. The van der Waals surface area contributed by atoms with Gasteiger partial charge in [0.1, 0.15) is 0 Å². The van der Waals surface area contributed by atoms with E-state index in [1.807, 2.05) is 30.3 Å². The van der Waals surface area contributed by atoms with Crippen LogP contribution in [0.4, 0.5) is 5.69 Å². The van der Waals surface area contributed by atoms with E-state index in [2.05, 4.69) is 41.5 Å². The Kier molecular flexibility index (Phi) is 3.57. The van der Waals surface area contributed by atoms with Crippen LogP contribution in [0, 0.1) is 0 Å². The van der Waals surface area contributed by atoms with Crippen molar-refractivity contribution in [1.29, 1.82) is 0 Å². The van der Waals surface area contributed by atoms with Crippen LogP contribution in [0.25, 0.3) is 10.9 Å². The van der Waals surface area contributed by atoms with Crippen LogP contribution < -0.4 is 5.32 Å². The summed E-state index contributed by atoms with van der Waals surface area (Å²) in [5.74, 6) is 0. The average Bonchev–Trinajstić information content (AvgIpc) is 2.51. The topological polar surface area (TPSA) is 24.9 Å². The van der Waals surface area contributed by atoms with Gasteiger partial charge in [-0.05, 0) is 36.8 Å². The highest BCUT2D eigenvalue weighted by atomic mass is 35.5. The van der Waals surface area contributed by atoms with Crippen molar-refractivity contribution in [1.82, 2.24) is 4.98 Å². The van der Waals surface area contributed by atoms with E-state index in [1.54, 1.807) is 6.20 Å². The Bertz CT molecular complexity index is 725. The molecular formula is C17H15ClN2. The lowest BCUT2D eigenvalue weighted by atomic mass is 10.1. The number of aromatic nitrogens is 1. The molecule has 0 fully saturated rings. The zero-order chi connectivity index (χ0) is 13.9. The fraction of sp³-hybridized carbons (Fsp3) is 0.118. The van der Waals surface area contributed by atoms with Crippen molar-refractivity contribution < 1.29 is 0 Å². The van der Waals surface area contributed by atoms with Crippen LogP contribution in [-0.4, -0.2) is 4.98 Å². The van der Waals surface area contributed by atoms with Crippen molar-refractivity contribution in [2.75, 3.05) is 5.32 Å². The number of fused-ring (bicyclic) bond motifs is 1. The third-order valence-corrected chi connectivity index (χ3v) is 3.70. The van der Waals surface area contributed by atoms with E-state index in [0.29, 0.717) is 5.02 Å². The minimum atomic E-state index is 0.223. The fourth-order valence-corrected chi connectivity index (χ4v) is 2.54. The van der Waals surface area contributed by atoms with Crippen molar-refractivity contribution in [3.05, 3.63) is 71.4 Å². The van der Waals surface area contributed by atoms with Gasteiger partial charge < -0.3 is 5.32 Å². The quantitative estimate of drug-likeness (QED) is 0.726. The van der Waals surface area contributed by atoms with E-state index in [1.165, 1.54) is 5.56 Å². The summed E-state index contributed by atoms with van der Waals surface area (Å²) in [5, 5.41) is 5.25. The molecule has 100 valence electrons. The number of pyridine rings is 1. The fourth-order valence-electron chi connectivity index (χ4n) is 2.32. The second-order valence-corrected chi connectivity index (χ2v) is 5.18. The van der Waals surface area contributed by atoms with Crippen LogP contribution >= 0.6 is 11.6 Å². The minimum Gasteiger partial charge on any atom is -0.378 e. The van der Waals surface area contributed by atoms with E-state index in [0.717, 1.165) is 16.6 Å². The monoisotopic (exact) mass is 282 g/mol. The minimum absolute atomic E-state index is 0.223. The summed E-state index contributed by atoms with van der Waals surface area (Å²) in [6, 6.07) is 18.4. The van der Waals surface area contributed by atoms with Crippen molar-refractivity contribution >= 4 is 28.2 Å². The molecule has 0 radical (unpaired) electrons. The number of halogens is 1. The summed E-state index contributed by atoms with van der Waals surface area (Å²) in [5.41, 5.74) is 3.13. The molecule has 0 aliphatic carbocycles. The zero-order valence-electron chi connectivity index (χ0n) is 11.2. The molecule has 3 rings (SSSR count). The Balaban J connectivity index is 1.97. The number of rotatable bonds is 3. The third-order valence-electron chi connectivity index (χ3n) is 3.39. The van der Waals surface area contributed by atoms with E-state index < -0.39 is 0 Å². The molecule has 0 aliphatic rings. The zero-order valence-corrected chi connectivity index (χ0v) is 11.9. The number of hydrogen-bond acceptors (Lipinski definition) is 2. The molecule has 3 aromatic rings. The number of hydrogen-bond donors (Lipinski definition) is 1. The largest absolute Gasteiger partial charge is 0.378 e. The molecule has 2 nitrogen and oxygen atoms in total. The smallest absolute Gasteiger partial charge is 0.0908 e. The second-order valence-electron chi connectivity index (χ2n) is 4.77. The Hall–Kier alpha value is -2.06. The lowest BCUT2D eigenvalue weighted by Gasteiger charge is -2.17. The molecule has 1 heterocycles. The summed E-state index contributed by atoms with van der Waals surface area (Å²) in [4.78, 5) is 4.35. The maximum Gasteiger partial charge on any atom is 0.0908 e. The Morgan fingerprint density at radius 3 is 2.60 bits per heavy atom. The van der Waals surface area contributed by atoms with Crippen LogP contribution in [0.3, 0.4) is 0 Å². The average molecular weight is 283 g/mol. The highest BCUT2D eigenvalue weighted by Gasteiger charge is 2.09. The molecule has 1 atom stereocenters. The molecule has 20 heavy (non-hydrogen) atoms. The lowest BCUT2D eigenvalue weighted by Crippen LogP contribution is -2.06. The van der Waals surface area contributed by atoms with Gasteiger partial charge in [-0.15, -0.1) is 0 Å². The van der Waals surface area contributed by atoms with Gasteiger partial charge in [0.05, 0.1) is 10.5 Å². The maximum absolute atomic E-state index is 6.19. The third kappa shape index (κ3) is 2.47. The van der Waals surface area contributed by atoms with E-state index in [-0.39, 0.29) is 6.04 Å². The predicted octanol–water partition coefficient (Wildman–Crippen LogP) is 5.06. The molecule has 0 spiro atoms. The van der Waals surface area contributed by atoms with E-state index >= 15 is 0 Å². The van der Waals surface area contributed by atoms with Crippen LogP contribution in [0.2, 0.25) is 5.02 Å². The molecule has 1 N–H and O–H groups in total. The van der Waals surface area contributed by atoms with E-state index in [9.17, 15) is 0 Å². The first kappa shape index (κ1) is 12.9. The van der Waals surface area contributed by atoms with E-state index in [4.69, 9.17) is 11.6 Å². The van der Waals surface area contributed by atoms with Crippen molar-refractivity contribution in [3.63, 3.8) is 0 Å². The molecular weight excluding hydrogens is 268 g/mol. The van der Waals surface area contributed by atoms with Crippen molar-refractivity contribution in [3.8, 4) is 0 Å². The number of anilines is 1. The molecule has 0 saturated carbocycles. The van der Waals surface area contributed by atoms with Crippen LogP contribution in [0.5, 0.6) is 0 Å². The summed E-state index contributed by atoms with van der Waals surface area (Å²) >= 11 is 6.19. The summed E-state index contributed by atoms with van der Waals surface area (Å²) < 4.78 is 0. The Morgan fingerprint density at radius 1 is 1.00 bits per heavy atom. The molecule has 0 aliphatic heterocycles. The van der Waals surface area contributed by atoms with Crippen LogP contribution in [0.1, 0.15) is 18.5 Å². The maximum atomic E-state index is 6.19. The second kappa shape index (κ2) is 5.51. The summed E-state index contributed by atoms with van der Waals surface area (Å²) in [6.07, 6.45) is 1.76. The van der Waals surface area contributed by atoms with Gasteiger partial charge in [-0.3, -0.25) is 4.98 Å². The molecule has 0 saturated heterocycles. The first-order valence-corrected chi connectivity index (χ1v) is 6.98. The van der Waals surface area contributed by atoms with Gasteiger partial charge in [0.15, 0.2) is 0 Å². The van der Waals surface area contributed by atoms with Crippen LogP contribution in [0.15, 0.2) is 60.8 Å². The van der Waals surface area contributed by atoms with Crippen molar-refractivity contribution in [2.24, 2.45) is 0 Å². The van der Waals surface area contributed by atoms with Gasteiger partial charge in [0.2, 0.25) is 0 Å². The molecule has 1 aromatic heterocycles. The van der Waals surface area contributed by atoms with Gasteiger partial charge in [-0.25, -0.2) is 0 Å².